The summed E-state index contributed by atoms with van der Waals surface area (Å²) >= 11 is 6.13. The number of carbonyl (C=O) groups excluding carboxylic acids is 4. The zero-order valence-corrected chi connectivity index (χ0v) is 21.3. The summed E-state index contributed by atoms with van der Waals surface area (Å²) in [5.74, 6) is -3.18. The molecule has 1 saturated carbocycles. The van der Waals surface area contributed by atoms with Gasteiger partial charge in [-0.15, -0.1) is 0 Å². The molecular weight excluding hydrogens is 514 g/mol. The van der Waals surface area contributed by atoms with Crippen LogP contribution < -0.4 is 5.32 Å². The van der Waals surface area contributed by atoms with Gasteiger partial charge in [0.05, 0.1) is 40.7 Å². The first-order valence-corrected chi connectivity index (χ1v) is 13.6. The lowest BCUT2D eigenvalue weighted by atomic mass is 9.81. The number of nitrogens with zero attached hydrogens (tertiary/aromatic N) is 2. The molecular formula is C23H28ClN3O8S. The van der Waals surface area contributed by atoms with Crippen molar-refractivity contribution in [3.05, 3.63) is 23.2 Å². The van der Waals surface area contributed by atoms with Crippen molar-refractivity contribution in [2.24, 2.45) is 11.8 Å². The number of hydrogen-bond donors (Lipinski definition) is 1. The maximum absolute atomic E-state index is 12.9. The number of esters is 1. The summed E-state index contributed by atoms with van der Waals surface area (Å²) in [4.78, 5) is 51.3. The third kappa shape index (κ3) is 5.26. The zero-order chi connectivity index (χ0) is 26.0. The monoisotopic (exact) mass is 541 g/mol. The van der Waals surface area contributed by atoms with E-state index < -0.39 is 46.4 Å². The smallest absolute Gasteiger partial charge is 0.329 e. The van der Waals surface area contributed by atoms with Crippen molar-refractivity contribution in [3.63, 3.8) is 0 Å². The van der Waals surface area contributed by atoms with E-state index in [1.54, 1.807) is 0 Å². The van der Waals surface area contributed by atoms with E-state index >= 15 is 0 Å². The first kappa shape index (κ1) is 26.5. The van der Waals surface area contributed by atoms with Crippen LogP contribution >= 0.6 is 11.6 Å². The minimum Gasteiger partial charge on any atom is -0.454 e. The first-order chi connectivity index (χ1) is 17.1. The molecule has 0 unspecified atom stereocenters. The second kappa shape index (κ2) is 10.8. The SMILES string of the molecule is C[C@@H](C(=O)OCC(=O)Nc1cc(S(=O)(=O)N2CCOCC2)ccc1Cl)N1C(=O)[C@H]2CCCC[C@@H]2C1=O. The van der Waals surface area contributed by atoms with Crippen molar-refractivity contribution in [3.8, 4) is 0 Å². The van der Waals surface area contributed by atoms with Gasteiger partial charge in [0.25, 0.3) is 5.91 Å². The number of fused-ring (bicyclic) bond motifs is 1. The van der Waals surface area contributed by atoms with Gasteiger partial charge in [0.15, 0.2) is 6.61 Å². The van der Waals surface area contributed by atoms with Crippen molar-refractivity contribution >= 4 is 51.0 Å². The maximum atomic E-state index is 12.9. The van der Waals surface area contributed by atoms with Crippen molar-refractivity contribution in [2.45, 2.75) is 43.5 Å². The molecule has 0 bridgehead atoms. The van der Waals surface area contributed by atoms with Gasteiger partial charge in [0.2, 0.25) is 21.8 Å². The molecule has 2 heterocycles. The van der Waals surface area contributed by atoms with E-state index in [0.29, 0.717) is 12.8 Å². The molecule has 3 fully saturated rings. The summed E-state index contributed by atoms with van der Waals surface area (Å²) in [6.07, 6.45) is 2.98. The molecule has 0 aromatic heterocycles. The number of anilines is 1. The number of likely N-dealkylation sites (tertiary alicyclic amines) is 1. The quantitative estimate of drug-likeness (QED) is 0.403. The van der Waals surface area contributed by atoms with E-state index in [1.807, 2.05) is 0 Å². The molecule has 0 spiro atoms. The number of ether oxygens (including phenoxy) is 2. The summed E-state index contributed by atoms with van der Waals surface area (Å²) in [5.41, 5.74) is 0.0362. The van der Waals surface area contributed by atoms with Crippen LogP contribution in [0.25, 0.3) is 0 Å². The van der Waals surface area contributed by atoms with Crippen molar-refractivity contribution in [1.82, 2.24) is 9.21 Å². The van der Waals surface area contributed by atoms with Crippen LogP contribution in [0.15, 0.2) is 23.1 Å². The van der Waals surface area contributed by atoms with Gasteiger partial charge in [-0.05, 0) is 38.0 Å². The van der Waals surface area contributed by atoms with Crippen LogP contribution in [-0.4, -0.2) is 80.3 Å². The molecule has 1 aromatic rings. The van der Waals surface area contributed by atoms with Gasteiger partial charge in [-0.3, -0.25) is 19.3 Å². The van der Waals surface area contributed by atoms with Gasteiger partial charge in [-0.25, -0.2) is 13.2 Å². The fourth-order valence-corrected chi connectivity index (χ4v) is 6.41. The summed E-state index contributed by atoms with van der Waals surface area (Å²) < 4.78 is 37.3. The molecule has 2 saturated heterocycles. The molecule has 3 aliphatic rings. The van der Waals surface area contributed by atoms with E-state index in [0.717, 1.165) is 17.7 Å². The topological polar surface area (TPSA) is 139 Å². The highest BCUT2D eigenvalue weighted by Gasteiger charge is 2.51. The summed E-state index contributed by atoms with van der Waals surface area (Å²) in [7, 11) is -3.81. The summed E-state index contributed by atoms with van der Waals surface area (Å²) in [6.45, 7) is 1.69. The van der Waals surface area contributed by atoms with E-state index in [4.69, 9.17) is 21.1 Å². The lowest BCUT2D eigenvalue weighted by Gasteiger charge is -2.26. The van der Waals surface area contributed by atoms with Gasteiger partial charge in [0.1, 0.15) is 6.04 Å². The second-order valence-corrected chi connectivity index (χ2v) is 11.4. The number of benzene rings is 1. The fourth-order valence-electron chi connectivity index (χ4n) is 4.82. The highest BCUT2D eigenvalue weighted by atomic mass is 35.5. The Bertz CT molecular complexity index is 1140. The predicted octanol–water partition coefficient (Wildman–Crippen LogP) is 1.41. The van der Waals surface area contributed by atoms with Crippen LogP contribution in [0.5, 0.6) is 0 Å². The number of carbonyl (C=O) groups is 4. The average molecular weight is 542 g/mol. The highest BCUT2D eigenvalue weighted by molar-refractivity contribution is 7.89. The molecule has 36 heavy (non-hydrogen) atoms. The predicted molar refractivity (Wildman–Crippen MR) is 127 cm³/mol. The number of rotatable bonds is 7. The first-order valence-electron chi connectivity index (χ1n) is 11.8. The third-order valence-corrected chi connectivity index (χ3v) is 8.99. The van der Waals surface area contributed by atoms with Gasteiger partial charge in [0, 0.05) is 13.1 Å². The second-order valence-electron chi connectivity index (χ2n) is 9.03. The Hall–Kier alpha value is -2.54. The number of halogens is 1. The zero-order valence-electron chi connectivity index (χ0n) is 19.8. The molecule has 196 valence electrons. The van der Waals surface area contributed by atoms with Gasteiger partial charge >= 0.3 is 5.97 Å². The lowest BCUT2D eigenvalue weighted by molar-refractivity contribution is -0.159. The van der Waals surface area contributed by atoms with Crippen molar-refractivity contribution < 1.29 is 37.1 Å². The van der Waals surface area contributed by atoms with Crippen molar-refractivity contribution in [2.75, 3.05) is 38.2 Å². The normalized spacial score (nSPS) is 23.8. The maximum Gasteiger partial charge on any atom is 0.329 e. The molecule has 13 heteroatoms. The number of sulfonamides is 1. The molecule has 4 rings (SSSR count). The Morgan fingerprint density at radius 1 is 1.14 bits per heavy atom. The number of imide groups is 1. The van der Waals surface area contributed by atoms with Crippen LogP contribution in [-0.2, 0) is 38.7 Å². The number of morpholine rings is 1. The third-order valence-electron chi connectivity index (χ3n) is 6.77. The summed E-state index contributed by atoms with van der Waals surface area (Å²) in [6, 6.07) is 2.77. The number of hydrogen-bond acceptors (Lipinski definition) is 8. The Morgan fingerprint density at radius 3 is 2.36 bits per heavy atom. The van der Waals surface area contributed by atoms with Gasteiger partial charge < -0.3 is 14.8 Å². The Balaban J connectivity index is 1.36. The molecule has 1 aliphatic carbocycles. The van der Waals surface area contributed by atoms with Crippen LogP contribution in [0.2, 0.25) is 5.02 Å². The molecule has 3 atom stereocenters. The molecule has 2 aliphatic heterocycles. The number of amides is 3. The van der Waals surface area contributed by atoms with Crippen LogP contribution in [0, 0.1) is 11.8 Å². The van der Waals surface area contributed by atoms with E-state index in [1.165, 1.54) is 29.4 Å². The van der Waals surface area contributed by atoms with E-state index in [-0.39, 0.29) is 53.7 Å². The van der Waals surface area contributed by atoms with E-state index in [9.17, 15) is 27.6 Å². The minimum atomic E-state index is -3.81. The van der Waals surface area contributed by atoms with Gasteiger partial charge in [-0.2, -0.15) is 4.31 Å². The molecule has 0 radical (unpaired) electrons. The van der Waals surface area contributed by atoms with Gasteiger partial charge in [-0.1, -0.05) is 24.4 Å². The van der Waals surface area contributed by atoms with Crippen LogP contribution in [0.1, 0.15) is 32.6 Å². The average Bonchev–Trinajstić information content (AvgIpc) is 3.13. The highest BCUT2D eigenvalue weighted by Crippen LogP contribution is 2.39. The minimum absolute atomic E-state index is 0.0362. The Kier molecular flexibility index (Phi) is 7.98. The lowest BCUT2D eigenvalue weighted by Crippen LogP contribution is -2.45. The fraction of sp³-hybridized carbons (Fsp3) is 0.565. The van der Waals surface area contributed by atoms with Crippen LogP contribution in [0.3, 0.4) is 0 Å². The Labute approximate surface area is 214 Å². The molecule has 3 amide bonds. The molecule has 1 N–H and O–H groups in total. The number of nitrogens with one attached hydrogen (secondary N) is 1. The Morgan fingerprint density at radius 2 is 1.75 bits per heavy atom. The molecule has 11 nitrogen and oxygen atoms in total. The van der Waals surface area contributed by atoms with E-state index in [2.05, 4.69) is 5.32 Å². The van der Waals surface area contributed by atoms with Crippen LogP contribution in [0.4, 0.5) is 5.69 Å². The molecule has 1 aromatic carbocycles. The van der Waals surface area contributed by atoms with Crippen molar-refractivity contribution in [1.29, 1.82) is 0 Å². The largest absolute Gasteiger partial charge is 0.454 e. The standard InChI is InChI=1S/C23H28ClN3O8S/c1-14(27-21(29)16-4-2-3-5-17(16)22(27)30)23(31)35-13-20(28)25-19-12-15(6-7-18(19)24)36(32,33)26-8-10-34-11-9-26/h6-7,12,14,16-17H,2-5,8-11,13H2,1H3,(H,25,28)/t14-,16-,17-/m0/s1. The summed E-state index contributed by atoms with van der Waals surface area (Å²) in [5, 5.41) is 2.54.